The molecular weight excluding hydrogens is 310 g/mol. The highest BCUT2D eigenvalue weighted by atomic mass is 32.1. The van der Waals surface area contributed by atoms with Crippen LogP contribution in [0.3, 0.4) is 0 Å². The van der Waals surface area contributed by atoms with E-state index in [4.69, 9.17) is 4.74 Å². The Morgan fingerprint density at radius 3 is 2.83 bits per heavy atom. The van der Waals surface area contributed by atoms with Crippen LogP contribution < -0.4 is 15.1 Å². The Morgan fingerprint density at radius 1 is 1.35 bits per heavy atom. The number of hydrogen-bond acceptors (Lipinski definition) is 5. The second kappa shape index (κ2) is 6.58. The van der Waals surface area contributed by atoms with Crippen LogP contribution in [-0.4, -0.2) is 16.7 Å². The second-order valence-corrected chi connectivity index (χ2v) is 5.71. The lowest BCUT2D eigenvalue weighted by Crippen LogP contribution is -2.31. The lowest BCUT2D eigenvalue weighted by Gasteiger charge is -2.05. The predicted octanol–water partition coefficient (Wildman–Crippen LogP) is 2.89. The van der Waals surface area contributed by atoms with Gasteiger partial charge < -0.3 is 4.74 Å². The highest BCUT2D eigenvalue weighted by Crippen LogP contribution is 2.17. The summed E-state index contributed by atoms with van der Waals surface area (Å²) in [4.78, 5) is 22.7. The first-order valence-corrected chi connectivity index (χ1v) is 7.83. The van der Waals surface area contributed by atoms with Gasteiger partial charge in [-0.2, -0.15) is 0 Å². The van der Waals surface area contributed by atoms with E-state index < -0.39 is 0 Å². The van der Waals surface area contributed by atoms with Crippen LogP contribution in [0.1, 0.15) is 0 Å². The molecule has 0 bridgehead atoms. The van der Waals surface area contributed by atoms with E-state index >= 15 is 0 Å². The maximum Gasteiger partial charge on any atom is 0.263 e. The zero-order valence-corrected chi connectivity index (χ0v) is 13.4. The largest absolute Gasteiger partial charge is 0.497 e. The minimum absolute atomic E-state index is 0.112. The molecule has 2 aromatic heterocycles. The minimum Gasteiger partial charge on any atom is -0.497 e. The Morgan fingerprint density at radius 2 is 2.13 bits per heavy atom. The number of pyridine rings is 1. The molecule has 0 atom stereocenters. The van der Waals surface area contributed by atoms with Crippen LogP contribution in [0.2, 0.25) is 0 Å². The molecule has 3 aromatic rings. The zero-order chi connectivity index (χ0) is 16.2. The molecule has 0 radical (unpaired) electrons. The van der Waals surface area contributed by atoms with Gasteiger partial charge in [0.2, 0.25) is 0 Å². The number of ether oxygens (including phenoxy) is 1. The number of hydrogen-bond donors (Lipinski definition) is 0. The summed E-state index contributed by atoms with van der Waals surface area (Å²) >= 11 is 1.38. The summed E-state index contributed by atoms with van der Waals surface area (Å²) in [7, 11) is 1.62. The Balaban J connectivity index is 2.25. The van der Waals surface area contributed by atoms with Crippen molar-refractivity contribution in [1.82, 2.24) is 9.55 Å². The van der Waals surface area contributed by atoms with E-state index in [-0.39, 0.29) is 5.56 Å². The fourth-order valence-corrected chi connectivity index (χ4v) is 3.12. The number of methoxy groups -OCH3 is 1. The van der Waals surface area contributed by atoms with Crippen molar-refractivity contribution in [2.24, 2.45) is 4.99 Å². The van der Waals surface area contributed by atoms with E-state index in [9.17, 15) is 4.79 Å². The van der Waals surface area contributed by atoms with Crippen LogP contribution in [-0.2, 0) is 6.54 Å². The summed E-state index contributed by atoms with van der Waals surface area (Å²) in [6.45, 7) is 4.12. The second-order valence-electron chi connectivity index (χ2n) is 4.76. The molecule has 3 rings (SSSR count). The first-order valence-electron chi connectivity index (χ1n) is 7.01. The van der Waals surface area contributed by atoms with Gasteiger partial charge in [0.15, 0.2) is 4.80 Å². The maximum atomic E-state index is 12.6. The summed E-state index contributed by atoms with van der Waals surface area (Å²) < 4.78 is 6.74. The van der Waals surface area contributed by atoms with Gasteiger partial charge in [0.25, 0.3) is 5.56 Å². The molecule has 0 fully saturated rings. The van der Waals surface area contributed by atoms with Crippen LogP contribution in [0.5, 0.6) is 5.75 Å². The van der Waals surface area contributed by atoms with E-state index in [1.807, 2.05) is 24.3 Å². The molecule has 0 amide bonds. The first-order chi connectivity index (χ1) is 11.2. The lowest BCUT2D eigenvalue weighted by atomic mass is 10.3. The van der Waals surface area contributed by atoms with Crippen molar-refractivity contribution < 1.29 is 4.74 Å². The third kappa shape index (κ3) is 3.07. The van der Waals surface area contributed by atoms with Crippen LogP contribution in [0.25, 0.3) is 10.2 Å². The van der Waals surface area contributed by atoms with Gasteiger partial charge in [0.05, 0.1) is 18.2 Å². The molecule has 6 heteroatoms. The van der Waals surface area contributed by atoms with Gasteiger partial charge in [0, 0.05) is 12.7 Å². The number of aromatic nitrogens is 2. The molecule has 0 aliphatic heterocycles. The van der Waals surface area contributed by atoms with E-state index in [0.717, 1.165) is 11.4 Å². The Labute approximate surface area is 136 Å². The Hall–Kier alpha value is -2.73. The van der Waals surface area contributed by atoms with Crippen molar-refractivity contribution in [1.29, 1.82) is 0 Å². The summed E-state index contributed by atoms with van der Waals surface area (Å²) in [6.07, 6.45) is 3.36. The van der Waals surface area contributed by atoms with E-state index in [1.54, 1.807) is 36.1 Å². The van der Waals surface area contributed by atoms with Gasteiger partial charge in [-0.3, -0.25) is 9.36 Å². The Kier molecular flexibility index (Phi) is 4.34. The van der Waals surface area contributed by atoms with E-state index in [1.165, 1.54) is 11.3 Å². The van der Waals surface area contributed by atoms with Crippen LogP contribution in [0.4, 0.5) is 5.69 Å². The van der Waals surface area contributed by atoms with Crippen LogP contribution >= 0.6 is 11.3 Å². The molecule has 23 heavy (non-hydrogen) atoms. The fourth-order valence-electron chi connectivity index (χ4n) is 2.15. The average Bonchev–Trinajstić information content (AvgIpc) is 2.59. The molecule has 5 nitrogen and oxygen atoms in total. The summed E-state index contributed by atoms with van der Waals surface area (Å²) in [6, 6.07) is 10.9. The SMILES string of the molecule is C=CCn1c(=O)c2cccnc2s/c1=N\c1ccc(OC)cc1. The molecule has 0 saturated carbocycles. The zero-order valence-electron chi connectivity index (χ0n) is 12.6. The van der Waals surface area contributed by atoms with E-state index in [0.29, 0.717) is 21.6 Å². The van der Waals surface area contributed by atoms with Gasteiger partial charge in [-0.1, -0.05) is 17.4 Å². The molecule has 0 unspecified atom stereocenters. The number of nitrogens with zero attached hydrogens (tertiary/aromatic N) is 3. The molecule has 0 aliphatic rings. The third-order valence-electron chi connectivity index (χ3n) is 3.27. The highest BCUT2D eigenvalue weighted by Gasteiger charge is 2.06. The topological polar surface area (TPSA) is 56.5 Å². The van der Waals surface area contributed by atoms with Gasteiger partial charge in [0.1, 0.15) is 10.6 Å². The molecule has 116 valence electrons. The van der Waals surface area contributed by atoms with E-state index in [2.05, 4.69) is 16.6 Å². The predicted molar refractivity (Wildman–Crippen MR) is 92.3 cm³/mol. The quantitative estimate of drug-likeness (QED) is 0.693. The van der Waals surface area contributed by atoms with Crippen molar-refractivity contribution in [3.63, 3.8) is 0 Å². The monoisotopic (exact) mass is 325 g/mol. The van der Waals surface area contributed by atoms with Crippen molar-refractivity contribution in [3.8, 4) is 5.75 Å². The average molecular weight is 325 g/mol. The Bertz CT molecular complexity index is 972. The molecule has 0 aliphatic carbocycles. The van der Waals surface area contributed by atoms with Crippen molar-refractivity contribution in [2.45, 2.75) is 6.54 Å². The van der Waals surface area contributed by atoms with Gasteiger partial charge in [-0.15, -0.1) is 6.58 Å². The highest BCUT2D eigenvalue weighted by molar-refractivity contribution is 7.15. The smallest absolute Gasteiger partial charge is 0.263 e. The van der Waals surface area contributed by atoms with Crippen molar-refractivity contribution in [2.75, 3.05) is 7.11 Å². The standard InChI is InChI=1S/C17H15N3O2S/c1-3-11-20-16(21)14-5-4-10-18-15(14)23-17(20)19-12-6-8-13(22-2)9-7-12/h3-10H,1,11H2,2H3/b19-17-. The van der Waals surface area contributed by atoms with Crippen LogP contribution in [0.15, 0.2) is 65.0 Å². The van der Waals surface area contributed by atoms with Gasteiger partial charge >= 0.3 is 0 Å². The number of benzene rings is 1. The molecule has 0 N–H and O–H groups in total. The maximum absolute atomic E-state index is 12.6. The lowest BCUT2D eigenvalue weighted by molar-refractivity contribution is 0.415. The summed E-state index contributed by atoms with van der Waals surface area (Å²) in [5.74, 6) is 0.760. The number of allylic oxidation sites excluding steroid dienone is 1. The molecule has 2 heterocycles. The number of fused-ring (bicyclic) bond motifs is 1. The molecule has 1 aromatic carbocycles. The van der Waals surface area contributed by atoms with Crippen LogP contribution in [0, 0.1) is 0 Å². The third-order valence-corrected chi connectivity index (χ3v) is 4.29. The van der Waals surface area contributed by atoms with Crippen molar-refractivity contribution >= 4 is 27.2 Å². The minimum atomic E-state index is -0.112. The van der Waals surface area contributed by atoms with Gasteiger partial charge in [-0.05, 0) is 36.4 Å². The summed E-state index contributed by atoms with van der Waals surface area (Å²) in [5, 5.41) is 0.591. The normalized spacial score (nSPS) is 11.6. The number of rotatable bonds is 4. The fraction of sp³-hybridized carbons (Fsp3) is 0.118. The molecule has 0 spiro atoms. The van der Waals surface area contributed by atoms with Gasteiger partial charge in [-0.25, -0.2) is 9.98 Å². The first kappa shape index (κ1) is 15.2. The van der Waals surface area contributed by atoms with Crippen molar-refractivity contribution in [3.05, 3.63) is 70.4 Å². The molecule has 0 saturated heterocycles. The molecular formula is C17H15N3O2S. The summed E-state index contributed by atoms with van der Waals surface area (Å²) in [5.41, 5.74) is 0.633.